The zero-order valence-corrected chi connectivity index (χ0v) is 11.4. The van der Waals surface area contributed by atoms with E-state index in [2.05, 4.69) is 10.6 Å². The van der Waals surface area contributed by atoms with Gasteiger partial charge in [0.05, 0.1) is 10.6 Å². The van der Waals surface area contributed by atoms with Crippen molar-refractivity contribution in [2.75, 3.05) is 11.9 Å². The van der Waals surface area contributed by atoms with Crippen molar-refractivity contribution in [2.24, 2.45) is 0 Å². The van der Waals surface area contributed by atoms with Crippen LogP contribution in [0.4, 0.5) is 11.4 Å². The number of anilines is 1. The van der Waals surface area contributed by atoms with Gasteiger partial charge in [0.2, 0.25) is 5.91 Å². The number of hydrogen-bond donors (Lipinski definition) is 2. The summed E-state index contributed by atoms with van der Waals surface area (Å²) in [5.74, 6) is -0.156. The van der Waals surface area contributed by atoms with Gasteiger partial charge in [-0.3, -0.25) is 14.9 Å². The molecule has 0 aliphatic carbocycles. The van der Waals surface area contributed by atoms with Crippen LogP contribution < -0.4 is 10.6 Å². The van der Waals surface area contributed by atoms with Gasteiger partial charge in [-0.15, -0.1) is 0 Å². The Morgan fingerprint density at radius 3 is 2.74 bits per heavy atom. The predicted octanol–water partition coefficient (Wildman–Crippen LogP) is 2.23. The molecule has 104 valence electrons. The van der Waals surface area contributed by atoms with Crippen molar-refractivity contribution in [2.45, 2.75) is 33.2 Å². The second-order valence-electron chi connectivity index (χ2n) is 4.47. The Labute approximate surface area is 112 Å². The molecular weight excluding hydrogens is 246 g/mol. The molecule has 0 spiro atoms. The number of nitro benzene ring substituents is 1. The molecule has 0 aliphatic heterocycles. The zero-order chi connectivity index (χ0) is 14.4. The highest BCUT2D eigenvalue weighted by Gasteiger charge is 2.12. The van der Waals surface area contributed by atoms with Gasteiger partial charge in [0.1, 0.15) is 0 Å². The summed E-state index contributed by atoms with van der Waals surface area (Å²) in [6.07, 6.45) is 0.329. The summed E-state index contributed by atoms with van der Waals surface area (Å²) in [6.45, 7) is 6.49. The zero-order valence-electron chi connectivity index (χ0n) is 11.4. The van der Waals surface area contributed by atoms with E-state index in [0.717, 1.165) is 12.1 Å². The van der Waals surface area contributed by atoms with Crippen LogP contribution in [0, 0.1) is 17.0 Å². The van der Waals surface area contributed by atoms with E-state index in [9.17, 15) is 14.9 Å². The summed E-state index contributed by atoms with van der Waals surface area (Å²) < 4.78 is 0. The molecule has 19 heavy (non-hydrogen) atoms. The van der Waals surface area contributed by atoms with Crippen molar-refractivity contribution in [1.29, 1.82) is 0 Å². The van der Waals surface area contributed by atoms with E-state index in [-0.39, 0.29) is 17.6 Å². The molecule has 0 fully saturated rings. The molecule has 0 saturated heterocycles. The summed E-state index contributed by atoms with van der Waals surface area (Å²) in [5, 5.41) is 16.5. The average Bonchev–Trinajstić information content (AvgIpc) is 2.31. The third kappa shape index (κ3) is 4.67. The van der Waals surface area contributed by atoms with Crippen molar-refractivity contribution >= 4 is 17.3 Å². The normalized spacial score (nSPS) is 11.9. The minimum atomic E-state index is -0.476. The average molecular weight is 265 g/mol. The summed E-state index contributed by atoms with van der Waals surface area (Å²) in [6, 6.07) is 4.50. The van der Waals surface area contributed by atoms with Gasteiger partial charge < -0.3 is 10.6 Å². The number of nitrogens with one attached hydrogen (secondary N) is 2. The van der Waals surface area contributed by atoms with Crippen LogP contribution in [-0.2, 0) is 4.79 Å². The van der Waals surface area contributed by atoms with Gasteiger partial charge in [0.15, 0.2) is 0 Å². The maximum Gasteiger partial charge on any atom is 0.271 e. The van der Waals surface area contributed by atoms with Crippen molar-refractivity contribution in [3.63, 3.8) is 0 Å². The Morgan fingerprint density at radius 1 is 1.47 bits per heavy atom. The second kappa shape index (κ2) is 6.84. The van der Waals surface area contributed by atoms with Gasteiger partial charge >= 0.3 is 0 Å². The fourth-order valence-electron chi connectivity index (χ4n) is 1.76. The minimum Gasteiger partial charge on any atom is -0.326 e. The van der Waals surface area contributed by atoms with E-state index in [1.807, 2.05) is 13.8 Å². The highest BCUT2D eigenvalue weighted by atomic mass is 16.6. The van der Waals surface area contributed by atoms with E-state index in [4.69, 9.17) is 0 Å². The molecule has 6 nitrogen and oxygen atoms in total. The number of rotatable bonds is 6. The van der Waals surface area contributed by atoms with Gasteiger partial charge in [0, 0.05) is 24.6 Å². The van der Waals surface area contributed by atoms with Crippen LogP contribution in [0.3, 0.4) is 0 Å². The van der Waals surface area contributed by atoms with Crippen LogP contribution in [0.5, 0.6) is 0 Å². The van der Waals surface area contributed by atoms with Crippen LogP contribution in [0.2, 0.25) is 0 Å². The lowest BCUT2D eigenvalue weighted by molar-refractivity contribution is -0.384. The predicted molar refractivity (Wildman–Crippen MR) is 74.2 cm³/mol. The van der Waals surface area contributed by atoms with E-state index in [0.29, 0.717) is 12.1 Å². The maximum absolute atomic E-state index is 11.8. The number of nitro groups is 1. The smallest absolute Gasteiger partial charge is 0.271 e. The van der Waals surface area contributed by atoms with E-state index in [1.54, 1.807) is 13.0 Å². The molecule has 0 bridgehead atoms. The summed E-state index contributed by atoms with van der Waals surface area (Å²) in [7, 11) is 0. The highest BCUT2D eigenvalue weighted by Crippen LogP contribution is 2.21. The van der Waals surface area contributed by atoms with Crippen molar-refractivity contribution in [1.82, 2.24) is 5.32 Å². The van der Waals surface area contributed by atoms with Crippen molar-refractivity contribution in [3.8, 4) is 0 Å². The molecule has 0 aromatic heterocycles. The van der Waals surface area contributed by atoms with Gasteiger partial charge in [0.25, 0.3) is 5.69 Å². The molecule has 1 unspecified atom stereocenters. The van der Waals surface area contributed by atoms with Crippen LogP contribution in [0.25, 0.3) is 0 Å². The summed E-state index contributed by atoms with van der Waals surface area (Å²) in [5.41, 5.74) is 1.26. The molecular formula is C13H19N3O3. The number of carbonyl (C=O) groups is 1. The Bertz CT molecular complexity index is 474. The molecule has 1 atom stereocenters. The quantitative estimate of drug-likeness (QED) is 0.610. The fraction of sp³-hybridized carbons (Fsp3) is 0.462. The first-order valence-electron chi connectivity index (χ1n) is 6.22. The van der Waals surface area contributed by atoms with Crippen LogP contribution in [0.1, 0.15) is 25.8 Å². The van der Waals surface area contributed by atoms with Gasteiger partial charge in [-0.25, -0.2) is 0 Å². The first-order valence-corrected chi connectivity index (χ1v) is 6.22. The molecule has 1 amide bonds. The summed E-state index contributed by atoms with van der Waals surface area (Å²) in [4.78, 5) is 22.0. The number of benzene rings is 1. The van der Waals surface area contributed by atoms with Gasteiger partial charge in [-0.2, -0.15) is 0 Å². The Kier molecular flexibility index (Phi) is 5.44. The lowest BCUT2D eigenvalue weighted by atomic mass is 10.1. The minimum absolute atomic E-state index is 0.0272. The number of aryl methyl sites for hydroxylation is 1. The number of nitrogens with zero attached hydrogens (tertiary/aromatic N) is 1. The molecule has 0 radical (unpaired) electrons. The Hall–Kier alpha value is -1.95. The van der Waals surface area contributed by atoms with E-state index >= 15 is 0 Å². The highest BCUT2D eigenvalue weighted by molar-refractivity contribution is 5.92. The van der Waals surface area contributed by atoms with E-state index in [1.165, 1.54) is 12.1 Å². The first kappa shape index (κ1) is 15.1. The third-order valence-electron chi connectivity index (χ3n) is 2.75. The topological polar surface area (TPSA) is 84.3 Å². The second-order valence-corrected chi connectivity index (χ2v) is 4.47. The van der Waals surface area contributed by atoms with Crippen molar-refractivity contribution < 1.29 is 9.72 Å². The molecule has 1 aromatic carbocycles. The first-order chi connectivity index (χ1) is 8.93. The lowest BCUT2D eigenvalue weighted by Gasteiger charge is -2.13. The number of non-ortho nitro benzene ring substituents is 1. The molecule has 2 N–H and O–H groups in total. The largest absolute Gasteiger partial charge is 0.326 e. The van der Waals surface area contributed by atoms with Gasteiger partial charge in [-0.1, -0.05) is 13.0 Å². The van der Waals surface area contributed by atoms with Crippen LogP contribution in [-0.4, -0.2) is 23.4 Å². The summed E-state index contributed by atoms with van der Waals surface area (Å²) >= 11 is 0. The third-order valence-corrected chi connectivity index (χ3v) is 2.75. The van der Waals surface area contributed by atoms with Gasteiger partial charge in [-0.05, 0) is 26.0 Å². The Balaban J connectivity index is 2.73. The molecule has 0 aliphatic rings. The molecule has 0 heterocycles. The molecule has 0 saturated carbocycles. The maximum atomic E-state index is 11.8. The molecule has 1 rings (SSSR count). The number of carbonyl (C=O) groups excluding carboxylic acids is 1. The SMILES string of the molecule is CCNC(C)CC(=O)Nc1cc([N+](=O)[O-])ccc1C. The lowest BCUT2D eigenvalue weighted by Crippen LogP contribution is -2.30. The Morgan fingerprint density at radius 2 is 2.16 bits per heavy atom. The van der Waals surface area contributed by atoms with E-state index < -0.39 is 4.92 Å². The van der Waals surface area contributed by atoms with Crippen LogP contribution >= 0.6 is 0 Å². The molecule has 6 heteroatoms. The number of hydrogen-bond acceptors (Lipinski definition) is 4. The number of amides is 1. The molecule has 1 aromatic rings. The monoisotopic (exact) mass is 265 g/mol. The fourth-order valence-corrected chi connectivity index (χ4v) is 1.76. The van der Waals surface area contributed by atoms with Crippen molar-refractivity contribution in [3.05, 3.63) is 33.9 Å². The standard InChI is InChI=1S/C13H19N3O3/c1-4-14-10(3)7-13(17)15-12-8-11(16(18)19)6-5-9(12)2/h5-6,8,10,14H,4,7H2,1-3H3,(H,15,17). The van der Waals surface area contributed by atoms with Crippen LogP contribution in [0.15, 0.2) is 18.2 Å².